The summed E-state index contributed by atoms with van der Waals surface area (Å²) in [5.41, 5.74) is 1.69. The second-order valence-electron chi connectivity index (χ2n) is 6.13. The van der Waals surface area contributed by atoms with E-state index in [0.29, 0.717) is 41.9 Å². The molecule has 3 rings (SSSR count). The molecule has 6 nitrogen and oxygen atoms in total. The van der Waals surface area contributed by atoms with Crippen LogP contribution in [0.2, 0.25) is 0 Å². The van der Waals surface area contributed by atoms with Gasteiger partial charge in [0.25, 0.3) is 0 Å². The fraction of sp³-hybridized carbons (Fsp3) is 0.667. The summed E-state index contributed by atoms with van der Waals surface area (Å²) in [5, 5.41) is 8.01. The van der Waals surface area contributed by atoms with Gasteiger partial charge in [0, 0.05) is 23.8 Å². The number of rotatable bonds is 4. The fourth-order valence-corrected chi connectivity index (χ4v) is 3.11. The van der Waals surface area contributed by atoms with E-state index < -0.39 is 12.7 Å². The Morgan fingerprint density at radius 3 is 2.71 bits per heavy atom. The fourth-order valence-electron chi connectivity index (χ4n) is 3.11. The minimum Gasteiger partial charge on any atom is -0.381 e. The molecule has 2 aromatic heterocycles. The zero-order chi connectivity index (χ0) is 17.5. The molecule has 0 amide bonds. The second kappa shape index (κ2) is 6.19. The van der Waals surface area contributed by atoms with Crippen LogP contribution in [0.15, 0.2) is 4.52 Å². The molecule has 0 spiro atoms. The summed E-state index contributed by atoms with van der Waals surface area (Å²) in [6.45, 7) is 5.27. The summed E-state index contributed by atoms with van der Waals surface area (Å²) in [6.07, 6.45) is -3.47. The average molecular weight is 344 g/mol. The Hall–Kier alpha value is -1.90. The molecule has 3 heterocycles. The van der Waals surface area contributed by atoms with Crippen molar-refractivity contribution in [1.29, 1.82) is 0 Å². The normalized spacial score (nSPS) is 19.8. The summed E-state index contributed by atoms with van der Waals surface area (Å²) in [6, 6.07) is 0. The summed E-state index contributed by atoms with van der Waals surface area (Å²) < 4.78 is 49.6. The molecule has 1 aliphatic rings. The van der Waals surface area contributed by atoms with Crippen molar-refractivity contribution in [3.8, 4) is 0 Å². The van der Waals surface area contributed by atoms with Gasteiger partial charge in [-0.1, -0.05) is 5.16 Å². The van der Waals surface area contributed by atoms with Gasteiger partial charge in [0.2, 0.25) is 5.89 Å². The molecule has 1 fully saturated rings. The maximum atomic E-state index is 12.6. The molecular formula is C15H19F3N4O2. The van der Waals surface area contributed by atoms with E-state index in [9.17, 15) is 13.2 Å². The first-order chi connectivity index (χ1) is 11.3. The molecule has 1 aliphatic heterocycles. The highest BCUT2D eigenvalue weighted by Crippen LogP contribution is 2.31. The van der Waals surface area contributed by atoms with Crippen LogP contribution in [0.25, 0.3) is 0 Å². The molecule has 0 saturated carbocycles. The van der Waals surface area contributed by atoms with Crippen LogP contribution in [-0.4, -0.2) is 39.3 Å². The van der Waals surface area contributed by atoms with E-state index >= 15 is 0 Å². The molecule has 24 heavy (non-hydrogen) atoms. The number of halogens is 3. The Morgan fingerprint density at radius 2 is 2.08 bits per heavy atom. The summed E-state index contributed by atoms with van der Waals surface area (Å²) in [7, 11) is 0. The zero-order valence-corrected chi connectivity index (χ0v) is 13.7. The van der Waals surface area contributed by atoms with E-state index in [4.69, 9.17) is 9.26 Å². The average Bonchev–Trinajstić information content (AvgIpc) is 3.19. The van der Waals surface area contributed by atoms with Gasteiger partial charge in [0.1, 0.15) is 6.54 Å². The summed E-state index contributed by atoms with van der Waals surface area (Å²) in [5.74, 6) is 0.766. The van der Waals surface area contributed by atoms with Gasteiger partial charge in [0.15, 0.2) is 5.82 Å². The van der Waals surface area contributed by atoms with E-state index in [1.54, 1.807) is 13.8 Å². The zero-order valence-electron chi connectivity index (χ0n) is 13.7. The molecular weight excluding hydrogens is 325 g/mol. The van der Waals surface area contributed by atoms with Crippen LogP contribution < -0.4 is 0 Å². The molecule has 1 saturated heterocycles. The minimum absolute atomic E-state index is 0.116. The van der Waals surface area contributed by atoms with Crippen LogP contribution >= 0.6 is 0 Å². The molecule has 0 N–H and O–H groups in total. The molecule has 132 valence electrons. The highest BCUT2D eigenvalue weighted by molar-refractivity contribution is 5.32. The van der Waals surface area contributed by atoms with Crippen LogP contribution in [0.4, 0.5) is 13.2 Å². The van der Waals surface area contributed by atoms with E-state index in [0.717, 1.165) is 11.1 Å². The van der Waals surface area contributed by atoms with E-state index in [1.165, 1.54) is 0 Å². The molecule has 2 aromatic rings. The SMILES string of the molecule is Cc1nn(CC(F)(F)F)c(C)c1[C@H](C)c1nc([C@@H]2CCOC2)no1. The highest BCUT2D eigenvalue weighted by atomic mass is 19.4. The van der Waals surface area contributed by atoms with Crippen molar-refractivity contribution in [2.24, 2.45) is 0 Å². The van der Waals surface area contributed by atoms with Gasteiger partial charge in [-0.2, -0.15) is 23.3 Å². The third-order valence-corrected chi connectivity index (χ3v) is 4.32. The second-order valence-corrected chi connectivity index (χ2v) is 6.13. The molecule has 0 aromatic carbocycles. The largest absolute Gasteiger partial charge is 0.408 e. The smallest absolute Gasteiger partial charge is 0.381 e. The Balaban J connectivity index is 1.86. The van der Waals surface area contributed by atoms with E-state index in [2.05, 4.69) is 15.2 Å². The predicted molar refractivity (Wildman–Crippen MR) is 77.7 cm³/mol. The quantitative estimate of drug-likeness (QED) is 0.853. The third kappa shape index (κ3) is 3.31. The van der Waals surface area contributed by atoms with Gasteiger partial charge in [-0.3, -0.25) is 4.68 Å². The number of ether oxygens (including phenoxy) is 1. The van der Waals surface area contributed by atoms with Crippen molar-refractivity contribution in [2.45, 2.75) is 51.7 Å². The van der Waals surface area contributed by atoms with Gasteiger partial charge in [-0.25, -0.2) is 0 Å². The summed E-state index contributed by atoms with van der Waals surface area (Å²) >= 11 is 0. The Kier molecular flexibility index (Phi) is 4.37. The number of nitrogens with zero attached hydrogens (tertiary/aromatic N) is 4. The van der Waals surface area contributed by atoms with E-state index in [1.807, 2.05) is 6.92 Å². The van der Waals surface area contributed by atoms with E-state index in [-0.39, 0.29) is 11.8 Å². The first-order valence-electron chi connectivity index (χ1n) is 7.78. The van der Waals surface area contributed by atoms with Gasteiger partial charge in [0.05, 0.1) is 18.2 Å². The minimum atomic E-state index is -4.32. The standard InChI is InChI=1S/C15H19F3N4O2/c1-8(14-19-13(21-24-14)11-4-5-23-6-11)12-9(2)20-22(10(12)3)7-15(16,17)18/h8,11H,4-7H2,1-3H3/t8-,11+/m0/s1. The van der Waals surface area contributed by atoms with Crippen LogP contribution in [0.5, 0.6) is 0 Å². The number of aromatic nitrogens is 4. The molecule has 0 radical (unpaired) electrons. The highest BCUT2D eigenvalue weighted by Gasteiger charge is 2.32. The van der Waals surface area contributed by atoms with Crippen molar-refractivity contribution in [1.82, 2.24) is 19.9 Å². The molecule has 0 aliphatic carbocycles. The molecule has 9 heteroatoms. The topological polar surface area (TPSA) is 66.0 Å². The van der Waals surface area contributed by atoms with Crippen molar-refractivity contribution in [3.63, 3.8) is 0 Å². The van der Waals surface area contributed by atoms with Crippen molar-refractivity contribution in [3.05, 3.63) is 28.7 Å². The predicted octanol–water partition coefficient (Wildman–Crippen LogP) is 3.10. The molecule has 0 unspecified atom stereocenters. The maximum Gasteiger partial charge on any atom is 0.408 e. The lowest BCUT2D eigenvalue weighted by atomic mass is 9.99. The Bertz CT molecular complexity index is 717. The number of aryl methyl sites for hydroxylation is 1. The lowest BCUT2D eigenvalue weighted by Gasteiger charge is -2.10. The lowest BCUT2D eigenvalue weighted by Crippen LogP contribution is -2.19. The van der Waals surface area contributed by atoms with Crippen molar-refractivity contribution in [2.75, 3.05) is 13.2 Å². The van der Waals surface area contributed by atoms with Crippen LogP contribution in [0, 0.1) is 13.8 Å². The Morgan fingerprint density at radius 1 is 1.33 bits per heavy atom. The van der Waals surface area contributed by atoms with Gasteiger partial charge in [-0.05, 0) is 27.2 Å². The van der Waals surface area contributed by atoms with Crippen molar-refractivity contribution >= 4 is 0 Å². The van der Waals surface area contributed by atoms with Gasteiger partial charge >= 0.3 is 6.18 Å². The maximum absolute atomic E-state index is 12.6. The first-order valence-corrected chi connectivity index (χ1v) is 7.78. The van der Waals surface area contributed by atoms with Crippen LogP contribution in [0.3, 0.4) is 0 Å². The van der Waals surface area contributed by atoms with Crippen molar-refractivity contribution < 1.29 is 22.4 Å². The number of hydrogen-bond donors (Lipinski definition) is 0. The Labute approximate surface area is 137 Å². The molecule has 0 bridgehead atoms. The lowest BCUT2D eigenvalue weighted by molar-refractivity contribution is -0.142. The summed E-state index contributed by atoms with van der Waals surface area (Å²) in [4.78, 5) is 4.42. The monoisotopic (exact) mass is 344 g/mol. The van der Waals surface area contributed by atoms with Gasteiger partial charge in [-0.15, -0.1) is 0 Å². The van der Waals surface area contributed by atoms with Crippen LogP contribution in [-0.2, 0) is 11.3 Å². The molecule has 2 atom stereocenters. The van der Waals surface area contributed by atoms with Crippen LogP contribution in [0.1, 0.15) is 53.8 Å². The number of hydrogen-bond acceptors (Lipinski definition) is 5. The van der Waals surface area contributed by atoms with Gasteiger partial charge < -0.3 is 9.26 Å². The first kappa shape index (κ1) is 16.9. The third-order valence-electron chi connectivity index (χ3n) is 4.32. The number of alkyl halides is 3.